The lowest BCUT2D eigenvalue weighted by Crippen LogP contribution is -2.23. The van der Waals surface area contributed by atoms with E-state index in [2.05, 4.69) is 5.32 Å². The number of hydrogen-bond acceptors (Lipinski definition) is 4. The van der Waals surface area contributed by atoms with Gasteiger partial charge in [0.25, 0.3) is 0 Å². The molecule has 0 aliphatic heterocycles. The Hall–Kier alpha value is -3.70. The van der Waals surface area contributed by atoms with Crippen LogP contribution in [0.5, 0.6) is 0 Å². The minimum atomic E-state index is -0.507. The Kier molecular flexibility index (Phi) is 6.78. The standard InChI is InChI=1S/C27H23NO3S/c1-2-31-27(30)25-22(18-23(32-25)19-12-6-3-7-13-19)28-26(29)24(20-14-8-4-9-15-20)21-16-10-5-11-17-21/h3-18,24H,2H2,1H3,(H,28,29). The summed E-state index contributed by atoms with van der Waals surface area (Å²) in [5, 5.41) is 3.01. The minimum absolute atomic E-state index is 0.203. The van der Waals surface area contributed by atoms with Crippen molar-refractivity contribution in [1.29, 1.82) is 0 Å². The predicted molar refractivity (Wildman–Crippen MR) is 129 cm³/mol. The quantitative estimate of drug-likeness (QED) is 0.339. The third kappa shape index (κ3) is 4.79. The van der Waals surface area contributed by atoms with Gasteiger partial charge in [0.15, 0.2) is 0 Å². The number of ether oxygens (including phenoxy) is 1. The molecule has 1 N–H and O–H groups in total. The molecular weight excluding hydrogens is 418 g/mol. The second kappa shape index (κ2) is 10.1. The molecule has 0 saturated heterocycles. The van der Waals surface area contributed by atoms with Gasteiger partial charge >= 0.3 is 5.97 Å². The Labute approximate surface area is 191 Å². The zero-order valence-electron chi connectivity index (χ0n) is 17.7. The van der Waals surface area contributed by atoms with Gasteiger partial charge in [-0.3, -0.25) is 4.79 Å². The van der Waals surface area contributed by atoms with Gasteiger partial charge in [-0.2, -0.15) is 0 Å². The average Bonchev–Trinajstić information content (AvgIpc) is 3.25. The van der Waals surface area contributed by atoms with Crippen LogP contribution >= 0.6 is 11.3 Å². The van der Waals surface area contributed by atoms with Crippen molar-refractivity contribution in [1.82, 2.24) is 0 Å². The van der Waals surface area contributed by atoms with Gasteiger partial charge in [-0.05, 0) is 29.7 Å². The highest BCUT2D eigenvalue weighted by molar-refractivity contribution is 7.18. The Morgan fingerprint density at radius 2 is 1.38 bits per heavy atom. The molecule has 4 rings (SSSR count). The number of anilines is 1. The van der Waals surface area contributed by atoms with Crippen molar-refractivity contribution in [2.45, 2.75) is 12.8 Å². The van der Waals surface area contributed by atoms with Gasteiger partial charge < -0.3 is 10.1 Å². The van der Waals surface area contributed by atoms with E-state index < -0.39 is 11.9 Å². The number of hydrogen-bond donors (Lipinski definition) is 1. The molecule has 5 heteroatoms. The third-order valence-electron chi connectivity index (χ3n) is 5.04. The fraction of sp³-hybridized carbons (Fsp3) is 0.111. The van der Waals surface area contributed by atoms with Crippen molar-refractivity contribution in [3.63, 3.8) is 0 Å². The number of rotatable bonds is 7. The maximum absolute atomic E-state index is 13.5. The number of nitrogens with one attached hydrogen (secondary N) is 1. The van der Waals surface area contributed by atoms with Crippen molar-refractivity contribution in [2.75, 3.05) is 11.9 Å². The zero-order chi connectivity index (χ0) is 22.3. The van der Waals surface area contributed by atoms with Gasteiger partial charge in [-0.25, -0.2) is 4.79 Å². The van der Waals surface area contributed by atoms with Crippen LogP contribution < -0.4 is 5.32 Å². The van der Waals surface area contributed by atoms with Gasteiger partial charge in [0, 0.05) is 4.88 Å². The van der Waals surface area contributed by atoms with E-state index in [1.807, 2.05) is 97.1 Å². The lowest BCUT2D eigenvalue weighted by atomic mass is 9.90. The Balaban J connectivity index is 1.71. The molecule has 0 radical (unpaired) electrons. The minimum Gasteiger partial charge on any atom is -0.462 e. The van der Waals surface area contributed by atoms with Gasteiger partial charge in [-0.15, -0.1) is 11.3 Å². The molecule has 0 fully saturated rings. The number of benzene rings is 3. The van der Waals surface area contributed by atoms with Crippen LogP contribution in [0.15, 0.2) is 97.1 Å². The highest BCUT2D eigenvalue weighted by Gasteiger charge is 2.26. The van der Waals surface area contributed by atoms with Crippen molar-refractivity contribution >= 4 is 28.9 Å². The number of thiophene rings is 1. The fourth-order valence-electron chi connectivity index (χ4n) is 3.57. The zero-order valence-corrected chi connectivity index (χ0v) is 18.5. The number of esters is 1. The lowest BCUT2D eigenvalue weighted by Gasteiger charge is -2.18. The van der Waals surface area contributed by atoms with Crippen LogP contribution in [0.4, 0.5) is 5.69 Å². The first-order valence-corrected chi connectivity index (χ1v) is 11.3. The van der Waals surface area contributed by atoms with Crippen LogP contribution in [0.3, 0.4) is 0 Å². The van der Waals surface area contributed by atoms with Crippen molar-refractivity contribution in [2.24, 2.45) is 0 Å². The summed E-state index contributed by atoms with van der Waals surface area (Å²) >= 11 is 1.32. The van der Waals surface area contributed by atoms with E-state index >= 15 is 0 Å². The smallest absolute Gasteiger partial charge is 0.350 e. The van der Waals surface area contributed by atoms with Crippen LogP contribution in [0.2, 0.25) is 0 Å². The summed E-state index contributed by atoms with van der Waals surface area (Å²) < 4.78 is 5.25. The molecule has 0 aliphatic rings. The van der Waals surface area contributed by atoms with Crippen LogP contribution in [0.1, 0.15) is 33.6 Å². The molecule has 1 aromatic heterocycles. The molecule has 0 atom stereocenters. The van der Waals surface area contributed by atoms with E-state index in [4.69, 9.17) is 4.74 Å². The maximum atomic E-state index is 13.5. The molecule has 1 amide bonds. The van der Waals surface area contributed by atoms with Gasteiger partial charge in [-0.1, -0.05) is 91.0 Å². The molecule has 3 aromatic carbocycles. The molecule has 32 heavy (non-hydrogen) atoms. The first-order chi connectivity index (χ1) is 15.7. The molecule has 0 saturated carbocycles. The highest BCUT2D eigenvalue weighted by Crippen LogP contribution is 2.36. The molecule has 4 aromatic rings. The summed E-state index contributed by atoms with van der Waals surface area (Å²) in [5.74, 6) is -1.15. The molecule has 0 bridgehead atoms. The van der Waals surface area contributed by atoms with E-state index in [1.54, 1.807) is 6.92 Å². The first kappa shape index (κ1) is 21.5. The van der Waals surface area contributed by atoms with E-state index in [-0.39, 0.29) is 12.5 Å². The van der Waals surface area contributed by atoms with Gasteiger partial charge in [0.05, 0.1) is 18.2 Å². The second-order valence-electron chi connectivity index (χ2n) is 7.18. The summed E-state index contributed by atoms with van der Waals surface area (Å²) in [6.45, 7) is 2.03. The molecule has 160 valence electrons. The molecule has 0 aliphatic carbocycles. The summed E-state index contributed by atoms with van der Waals surface area (Å²) in [5.41, 5.74) is 3.21. The van der Waals surface area contributed by atoms with Crippen molar-refractivity contribution in [3.05, 3.63) is 113 Å². The second-order valence-corrected chi connectivity index (χ2v) is 8.24. The molecule has 0 spiro atoms. The van der Waals surface area contributed by atoms with Gasteiger partial charge in [0.1, 0.15) is 4.88 Å². The average molecular weight is 442 g/mol. The largest absolute Gasteiger partial charge is 0.462 e. The van der Waals surface area contributed by atoms with Crippen LogP contribution in [-0.2, 0) is 9.53 Å². The van der Waals surface area contributed by atoms with Crippen molar-refractivity contribution in [3.8, 4) is 10.4 Å². The molecular formula is C27H23NO3S. The molecule has 4 nitrogen and oxygen atoms in total. The van der Waals surface area contributed by atoms with Crippen LogP contribution in [0, 0.1) is 0 Å². The normalized spacial score (nSPS) is 10.7. The number of carbonyl (C=O) groups is 2. The van der Waals surface area contributed by atoms with Crippen LogP contribution in [-0.4, -0.2) is 18.5 Å². The Bertz CT molecular complexity index is 1150. The number of carbonyl (C=O) groups excluding carboxylic acids is 2. The van der Waals surface area contributed by atoms with E-state index in [1.165, 1.54) is 11.3 Å². The fourth-order valence-corrected chi connectivity index (χ4v) is 4.58. The Morgan fingerprint density at radius 3 is 1.91 bits per heavy atom. The van der Waals surface area contributed by atoms with Gasteiger partial charge in [0.2, 0.25) is 5.91 Å². The number of amides is 1. The van der Waals surface area contributed by atoms with E-state index in [9.17, 15) is 9.59 Å². The summed E-state index contributed by atoms with van der Waals surface area (Å²) in [6, 6.07) is 30.9. The van der Waals surface area contributed by atoms with E-state index in [0.717, 1.165) is 21.6 Å². The maximum Gasteiger partial charge on any atom is 0.350 e. The van der Waals surface area contributed by atoms with Crippen LogP contribution in [0.25, 0.3) is 10.4 Å². The topological polar surface area (TPSA) is 55.4 Å². The van der Waals surface area contributed by atoms with Crippen molar-refractivity contribution < 1.29 is 14.3 Å². The SMILES string of the molecule is CCOC(=O)c1sc(-c2ccccc2)cc1NC(=O)C(c1ccccc1)c1ccccc1. The summed E-state index contributed by atoms with van der Waals surface area (Å²) in [6.07, 6.45) is 0. The lowest BCUT2D eigenvalue weighted by molar-refractivity contribution is -0.116. The first-order valence-electron chi connectivity index (χ1n) is 10.4. The Morgan fingerprint density at radius 1 is 0.844 bits per heavy atom. The van der Waals surface area contributed by atoms with E-state index in [0.29, 0.717) is 10.6 Å². The molecule has 0 unspecified atom stereocenters. The highest BCUT2D eigenvalue weighted by atomic mass is 32.1. The third-order valence-corrected chi connectivity index (χ3v) is 6.20. The summed E-state index contributed by atoms with van der Waals surface area (Å²) in [7, 11) is 0. The molecule has 1 heterocycles. The summed E-state index contributed by atoms with van der Waals surface area (Å²) in [4.78, 5) is 27.4. The predicted octanol–water partition coefficient (Wildman–Crippen LogP) is 6.36. The monoisotopic (exact) mass is 441 g/mol.